The zero-order chi connectivity index (χ0) is 58.0. The smallest absolute Gasteiger partial charge is 0.258 e. The largest absolute Gasteiger partial charge is 0.493 e. The van der Waals surface area contributed by atoms with Crippen molar-refractivity contribution in [3.63, 3.8) is 0 Å². The Morgan fingerprint density at radius 3 is 2.01 bits per heavy atom. The Labute approximate surface area is 466 Å². The maximum absolute atomic E-state index is 14.6. The van der Waals surface area contributed by atoms with E-state index in [1.54, 1.807) is 40.2 Å². The molecule has 4 unspecified atom stereocenters. The molecule has 5 rings (SSSR count). The predicted molar refractivity (Wildman–Crippen MR) is 308 cm³/mol. The van der Waals surface area contributed by atoms with Crippen LogP contribution in [0.15, 0.2) is 103 Å². The minimum absolute atomic E-state index is 0.00115. The lowest BCUT2D eigenvalue weighted by molar-refractivity contribution is -0.130. The Bertz CT molecular complexity index is 2730. The third-order valence-corrected chi connectivity index (χ3v) is 14.7. The Kier molecular flexibility index (Phi) is 24.1. The number of aromatic nitrogens is 1. The van der Waals surface area contributed by atoms with Crippen LogP contribution in [0.1, 0.15) is 121 Å². The van der Waals surface area contributed by atoms with Crippen LogP contribution in [0.4, 0.5) is 10.1 Å². The summed E-state index contributed by atoms with van der Waals surface area (Å²) >= 11 is 0. The van der Waals surface area contributed by atoms with E-state index in [4.69, 9.17) is 19.9 Å². The van der Waals surface area contributed by atoms with Crippen molar-refractivity contribution in [2.24, 2.45) is 34.8 Å². The monoisotopic (exact) mass is 1090 g/mol. The lowest BCUT2D eigenvalue weighted by atomic mass is 9.80. The van der Waals surface area contributed by atoms with Gasteiger partial charge in [-0.3, -0.25) is 19.2 Å². The highest BCUT2D eigenvalue weighted by atomic mass is 19.1. The van der Waals surface area contributed by atoms with Crippen LogP contribution in [-0.4, -0.2) is 102 Å². The minimum atomic E-state index is -1.30. The van der Waals surface area contributed by atoms with Crippen molar-refractivity contribution in [2.75, 3.05) is 39.3 Å². The molecule has 16 heteroatoms. The first-order valence-electron chi connectivity index (χ1n) is 27.7. The number of nitrogens with zero attached hydrogens (tertiary/aromatic N) is 1. The molecule has 4 aromatic carbocycles. The highest BCUT2D eigenvalue weighted by molar-refractivity contribution is 6.12. The maximum Gasteiger partial charge on any atom is 0.258 e. The van der Waals surface area contributed by atoms with E-state index in [0.717, 1.165) is 11.1 Å². The second-order valence-electron chi connectivity index (χ2n) is 22.4. The Hall–Kier alpha value is -6.59. The SMILES string of the molecule is COCCCOc1cc(CC(CC(NC(=O)C[C@H](O)C[C@H](O)CCn2c(-c3ccc(F)cc3)c(-c3ccccc3)c(C(=O)Nc3ccccc3)c2C(C)C)C(O)CC(C(=O)NCC(C)(C)C(N)=O)C(C)C)C(C)C)ccc1OC. The van der Waals surface area contributed by atoms with Crippen LogP contribution >= 0.6 is 0 Å². The Morgan fingerprint density at radius 1 is 0.759 bits per heavy atom. The quantitative estimate of drug-likeness (QED) is 0.0202. The molecule has 0 aliphatic rings. The number of primary amides is 1. The number of benzene rings is 4. The molecule has 0 saturated carbocycles. The summed E-state index contributed by atoms with van der Waals surface area (Å²) in [5, 5.41) is 44.4. The third kappa shape index (κ3) is 18.2. The zero-order valence-corrected chi connectivity index (χ0v) is 47.9. The van der Waals surface area contributed by atoms with E-state index in [1.807, 2.05) is 111 Å². The van der Waals surface area contributed by atoms with Gasteiger partial charge in [0.15, 0.2) is 11.5 Å². The van der Waals surface area contributed by atoms with Crippen molar-refractivity contribution in [3.8, 4) is 33.9 Å². The van der Waals surface area contributed by atoms with Crippen molar-refractivity contribution < 1.29 is 53.1 Å². The van der Waals surface area contributed by atoms with Gasteiger partial charge in [-0.1, -0.05) is 96.1 Å². The van der Waals surface area contributed by atoms with Gasteiger partial charge in [0.05, 0.1) is 61.2 Å². The number of ether oxygens (including phenoxy) is 3. The topological polar surface area (TPSA) is 224 Å². The highest BCUT2D eigenvalue weighted by Crippen LogP contribution is 2.43. The zero-order valence-electron chi connectivity index (χ0n) is 47.9. The van der Waals surface area contributed by atoms with Crippen molar-refractivity contribution >= 4 is 29.3 Å². The fourth-order valence-corrected chi connectivity index (χ4v) is 9.99. The molecule has 1 heterocycles. The number of nitrogens with two attached hydrogens (primary N) is 1. The van der Waals surface area contributed by atoms with Crippen molar-refractivity contribution in [2.45, 2.75) is 137 Å². The van der Waals surface area contributed by atoms with Gasteiger partial charge < -0.3 is 55.8 Å². The summed E-state index contributed by atoms with van der Waals surface area (Å²) in [5.41, 5.74) is 10.0. The first-order valence-corrected chi connectivity index (χ1v) is 27.7. The van der Waals surface area contributed by atoms with Crippen LogP contribution in [0.3, 0.4) is 0 Å². The minimum Gasteiger partial charge on any atom is -0.493 e. The number of para-hydroxylation sites is 1. The van der Waals surface area contributed by atoms with E-state index in [9.17, 15) is 38.9 Å². The number of hydrogen-bond donors (Lipinski definition) is 7. The van der Waals surface area contributed by atoms with Crippen LogP contribution in [0.5, 0.6) is 11.5 Å². The van der Waals surface area contributed by atoms with E-state index >= 15 is 0 Å². The number of amides is 4. The molecule has 5 aromatic rings. The molecular weight excluding hydrogens is 1010 g/mol. The number of carbonyl (C=O) groups excluding carboxylic acids is 4. The van der Waals surface area contributed by atoms with Gasteiger partial charge in [-0.25, -0.2) is 4.39 Å². The molecule has 0 fully saturated rings. The van der Waals surface area contributed by atoms with Gasteiger partial charge in [0.1, 0.15) is 5.82 Å². The molecule has 430 valence electrons. The molecule has 0 aliphatic heterocycles. The molecule has 15 nitrogen and oxygen atoms in total. The summed E-state index contributed by atoms with van der Waals surface area (Å²) in [6, 6.07) is 29.6. The standard InChI is InChI=1S/C63H86FN5O10/c1-39(2)45(32-42-22-27-53(78-10)54(33-42)79-31-17-30-77-9)34-51(52(72)37-50(40(3)4)60(74)66-38-63(7,8)62(65)76)68-55(73)36-49(71)35-48(70)28-29-69-58(41(5)6)57(61(75)67-47-20-15-12-16-21-47)56(43-18-13-11-14-19-43)59(69)44-23-25-46(64)26-24-44/h11-16,18-27,33,39-41,45,48-52,70-72H,17,28-32,34-38H2,1-10H3,(H2,65,76)(H,66,74)(H,67,75)(H,68,73)/t45?,48-,49-,50?,51?,52?/m1/s1. The lowest BCUT2D eigenvalue weighted by Gasteiger charge is -2.33. The van der Waals surface area contributed by atoms with E-state index in [0.29, 0.717) is 77.7 Å². The highest BCUT2D eigenvalue weighted by Gasteiger charge is 2.35. The molecule has 8 N–H and O–H groups in total. The molecule has 6 atom stereocenters. The van der Waals surface area contributed by atoms with Gasteiger partial charge >= 0.3 is 0 Å². The lowest BCUT2D eigenvalue weighted by Crippen LogP contribution is -2.49. The van der Waals surface area contributed by atoms with E-state index in [2.05, 4.69) is 29.8 Å². The van der Waals surface area contributed by atoms with Crippen LogP contribution < -0.4 is 31.2 Å². The molecule has 0 bridgehead atoms. The van der Waals surface area contributed by atoms with Gasteiger partial charge in [-0.05, 0) is 135 Å². The van der Waals surface area contributed by atoms with E-state index in [1.165, 1.54) is 12.1 Å². The molecular formula is C63H86FN5O10. The molecule has 0 radical (unpaired) electrons. The fourth-order valence-electron chi connectivity index (χ4n) is 9.99. The van der Waals surface area contributed by atoms with Crippen LogP contribution in [0.2, 0.25) is 0 Å². The van der Waals surface area contributed by atoms with Crippen molar-refractivity contribution in [1.82, 2.24) is 15.2 Å². The predicted octanol–water partition coefficient (Wildman–Crippen LogP) is 9.69. The van der Waals surface area contributed by atoms with Gasteiger partial charge in [0, 0.05) is 56.1 Å². The maximum atomic E-state index is 14.6. The molecule has 1 aromatic heterocycles. The Morgan fingerprint density at radius 2 is 1.42 bits per heavy atom. The normalized spacial score (nSPS) is 14.1. The summed E-state index contributed by atoms with van der Waals surface area (Å²) in [7, 11) is 3.21. The van der Waals surface area contributed by atoms with Crippen LogP contribution in [0.25, 0.3) is 22.4 Å². The summed E-state index contributed by atoms with van der Waals surface area (Å²) in [4.78, 5) is 54.6. The number of methoxy groups -OCH3 is 2. The number of carbonyl (C=O) groups is 4. The van der Waals surface area contributed by atoms with Gasteiger partial charge in [-0.2, -0.15) is 0 Å². The average molecular weight is 1090 g/mol. The molecule has 4 amide bonds. The van der Waals surface area contributed by atoms with E-state index in [-0.39, 0.29) is 67.8 Å². The number of rotatable bonds is 32. The number of halogens is 1. The number of aliphatic hydroxyl groups is 3. The number of hydrogen-bond acceptors (Lipinski definition) is 10. The van der Waals surface area contributed by atoms with E-state index < -0.39 is 59.7 Å². The summed E-state index contributed by atoms with van der Waals surface area (Å²) in [6.07, 6.45) is -2.53. The average Bonchev–Trinajstić information content (AvgIpc) is 3.97. The second-order valence-corrected chi connectivity index (χ2v) is 22.4. The Balaban J connectivity index is 1.40. The number of nitrogens with one attached hydrogen (secondary N) is 3. The summed E-state index contributed by atoms with van der Waals surface area (Å²) in [6.45, 7) is 16.3. The third-order valence-electron chi connectivity index (χ3n) is 14.7. The summed E-state index contributed by atoms with van der Waals surface area (Å²) in [5.74, 6) is -2.22. The molecule has 0 spiro atoms. The van der Waals surface area contributed by atoms with Gasteiger partial charge in [0.25, 0.3) is 5.91 Å². The summed E-state index contributed by atoms with van der Waals surface area (Å²) < 4.78 is 33.4. The molecule has 0 aliphatic carbocycles. The van der Waals surface area contributed by atoms with Crippen LogP contribution in [-0.2, 0) is 32.1 Å². The fraction of sp³-hybridized carbons (Fsp3) is 0.492. The van der Waals surface area contributed by atoms with Gasteiger partial charge in [0.2, 0.25) is 17.7 Å². The van der Waals surface area contributed by atoms with Crippen molar-refractivity contribution in [1.29, 1.82) is 0 Å². The van der Waals surface area contributed by atoms with Crippen molar-refractivity contribution in [3.05, 3.63) is 126 Å². The number of aliphatic hydroxyl groups excluding tert-OH is 3. The molecule has 79 heavy (non-hydrogen) atoms. The first kappa shape index (κ1) is 63.2. The molecule has 0 saturated heterocycles. The van der Waals surface area contributed by atoms with Gasteiger partial charge in [-0.15, -0.1) is 0 Å². The first-order chi connectivity index (χ1) is 37.5. The van der Waals surface area contributed by atoms with Crippen LogP contribution in [0, 0.1) is 34.9 Å². The second kappa shape index (κ2) is 30.1. The number of anilines is 1.